The first kappa shape index (κ1) is 17.2. The van der Waals surface area contributed by atoms with Gasteiger partial charge in [0, 0.05) is 11.8 Å². The summed E-state index contributed by atoms with van der Waals surface area (Å²) in [4.78, 5) is 17.6. The number of oxime groups is 1. The Morgan fingerprint density at radius 2 is 1.92 bits per heavy atom. The fraction of sp³-hybridized carbons (Fsp3) is 0.421. The van der Waals surface area contributed by atoms with Crippen LogP contribution in [0.5, 0.6) is 0 Å². The van der Waals surface area contributed by atoms with Crippen molar-refractivity contribution in [2.24, 2.45) is 16.2 Å². The highest BCUT2D eigenvalue weighted by Crippen LogP contribution is 2.33. The molecule has 2 aliphatic heterocycles. The normalized spacial score (nSPS) is 21.9. The molecule has 2 atom stereocenters. The molecule has 1 amide bonds. The lowest BCUT2D eigenvalue weighted by molar-refractivity contribution is 0.119. The molecule has 0 saturated heterocycles. The summed E-state index contributed by atoms with van der Waals surface area (Å²) in [5, 5.41) is 9.75. The molecular weight excluding hydrogens is 318 g/mol. The monoisotopic (exact) mass is 341 g/mol. The number of amides is 1. The molecule has 0 radical (unpaired) electrons. The standard InChI is InChI=1S/C19H23N3O3/c1-6-24-19(23)22-10-14(5)17-15(9-20-22)25-21-18(17)16-12(3)7-11(2)8-13(16)4/h7-10,15,17H,6H2,1-5H3/t15-,17+/m1/s1. The van der Waals surface area contributed by atoms with Gasteiger partial charge in [0.15, 0.2) is 6.10 Å². The van der Waals surface area contributed by atoms with E-state index >= 15 is 0 Å². The van der Waals surface area contributed by atoms with E-state index in [0.717, 1.165) is 28.0 Å². The van der Waals surface area contributed by atoms with E-state index in [0.29, 0.717) is 6.61 Å². The van der Waals surface area contributed by atoms with Gasteiger partial charge in [-0.2, -0.15) is 10.1 Å². The van der Waals surface area contributed by atoms with Gasteiger partial charge in [-0.1, -0.05) is 22.9 Å². The van der Waals surface area contributed by atoms with E-state index < -0.39 is 6.09 Å². The lowest BCUT2D eigenvalue weighted by Gasteiger charge is -2.18. The van der Waals surface area contributed by atoms with Crippen LogP contribution in [0.15, 0.2) is 34.2 Å². The summed E-state index contributed by atoms with van der Waals surface area (Å²) in [6.07, 6.45) is 2.48. The van der Waals surface area contributed by atoms with Crippen LogP contribution in [-0.4, -0.2) is 35.7 Å². The number of carbonyl (C=O) groups is 1. The zero-order valence-electron chi connectivity index (χ0n) is 15.2. The van der Waals surface area contributed by atoms with Crippen LogP contribution in [0.4, 0.5) is 4.79 Å². The molecule has 0 spiro atoms. The van der Waals surface area contributed by atoms with Crippen LogP contribution in [-0.2, 0) is 9.57 Å². The third kappa shape index (κ3) is 3.16. The summed E-state index contributed by atoms with van der Waals surface area (Å²) in [7, 11) is 0. The molecule has 0 N–H and O–H groups in total. The molecule has 1 aromatic rings. The Morgan fingerprint density at radius 1 is 1.24 bits per heavy atom. The Balaban J connectivity index is 1.98. The zero-order chi connectivity index (χ0) is 18.1. The van der Waals surface area contributed by atoms with Crippen LogP contribution in [0.3, 0.4) is 0 Å². The summed E-state index contributed by atoms with van der Waals surface area (Å²) in [6, 6.07) is 4.29. The number of hydrogen-bond donors (Lipinski definition) is 0. The second kappa shape index (κ2) is 6.70. The van der Waals surface area contributed by atoms with E-state index in [9.17, 15) is 4.79 Å². The SMILES string of the molecule is CCOC(=O)N1C=C(C)[C@@H]2C(c3c(C)cc(C)cc3C)=NO[C@@H]2C=N1. The van der Waals surface area contributed by atoms with Crippen LogP contribution in [0.25, 0.3) is 0 Å². The molecule has 2 aliphatic rings. The van der Waals surface area contributed by atoms with Crippen LogP contribution in [0.2, 0.25) is 0 Å². The van der Waals surface area contributed by atoms with E-state index in [4.69, 9.17) is 9.57 Å². The van der Waals surface area contributed by atoms with Gasteiger partial charge >= 0.3 is 6.09 Å². The Kier molecular flexibility index (Phi) is 4.61. The number of rotatable bonds is 2. The van der Waals surface area contributed by atoms with Crippen LogP contribution >= 0.6 is 0 Å². The van der Waals surface area contributed by atoms with E-state index in [1.54, 1.807) is 19.3 Å². The molecule has 0 aliphatic carbocycles. The van der Waals surface area contributed by atoms with E-state index in [1.165, 1.54) is 10.6 Å². The molecule has 0 fully saturated rings. The van der Waals surface area contributed by atoms with Gasteiger partial charge in [0.25, 0.3) is 0 Å². The maximum atomic E-state index is 12.0. The molecular formula is C19H23N3O3. The molecule has 3 rings (SSSR count). The van der Waals surface area contributed by atoms with Gasteiger partial charge in [0.2, 0.25) is 0 Å². The third-order valence-electron chi connectivity index (χ3n) is 4.44. The number of benzene rings is 1. The van der Waals surface area contributed by atoms with Crippen molar-refractivity contribution in [1.29, 1.82) is 0 Å². The average molecular weight is 341 g/mol. The number of carbonyl (C=O) groups excluding carboxylic acids is 1. The molecule has 132 valence electrons. The molecule has 6 heteroatoms. The van der Waals surface area contributed by atoms with Gasteiger partial charge in [0.05, 0.1) is 24.5 Å². The largest absolute Gasteiger partial charge is 0.448 e. The molecule has 0 unspecified atom stereocenters. The number of ether oxygens (including phenoxy) is 1. The Labute approximate surface area is 147 Å². The van der Waals surface area contributed by atoms with Gasteiger partial charge in [-0.15, -0.1) is 0 Å². The van der Waals surface area contributed by atoms with Crippen molar-refractivity contribution in [3.63, 3.8) is 0 Å². The van der Waals surface area contributed by atoms with Crippen molar-refractivity contribution in [3.05, 3.63) is 46.2 Å². The molecule has 0 bridgehead atoms. The first-order valence-electron chi connectivity index (χ1n) is 8.42. The second-order valence-corrected chi connectivity index (χ2v) is 6.48. The van der Waals surface area contributed by atoms with E-state index in [2.05, 4.69) is 43.2 Å². The van der Waals surface area contributed by atoms with Gasteiger partial charge in [-0.05, 0) is 51.3 Å². The van der Waals surface area contributed by atoms with Crippen molar-refractivity contribution >= 4 is 18.0 Å². The quantitative estimate of drug-likeness (QED) is 0.824. The Morgan fingerprint density at radius 3 is 2.56 bits per heavy atom. The number of nitrogens with zero attached hydrogens (tertiary/aromatic N) is 3. The topological polar surface area (TPSA) is 63.5 Å². The highest BCUT2D eigenvalue weighted by atomic mass is 16.6. The van der Waals surface area contributed by atoms with Crippen LogP contribution in [0, 0.1) is 26.7 Å². The van der Waals surface area contributed by atoms with Crippen LogP contribution < -0.4 is 0 Å². The van der Waals surface area contributed by atoms with E-state index in [1.807, 2.05) is 6.92 Å². The minimum absolute atomic E-state index is 0.0803. The van der Waals surface area contributed by atoms with Crippen molar-refractivity contribution in [1.82, 2.24) is 5.01 Å². The molecule has 0 aromatic heterocycles. The first-order chi connectivity index (χ1) is 11.9. The number of hydrogen-bond acceptors (Lipinski definition) is 5. The van der Waals surface area contributed by atoms with E-state index in [-0.39, 0.29) is 12.0 Å². The van der Waals surface area contributed by atoms with Crippen molar-refractivity contribution in [3.8, 4) is 0 Å². The summed E-state index contributed by atoms with van der Waals surface area (Å²) in [6.45, 7) is 10.3. The van der Waals surface area contributed by atoms with Crippen molar-refractivity contribution in [2.75, 3.05) is 6.61 Å². The number of aryl methyl sites for hydroxylation is 3. The van der Waals surface area contributed by atoms with Crippen molar-refractivity contribution in [2.45, 2.75) is 40.7 Å². The lowest BCUT2D eigenvalue weighted by Crippen LogP contribution is -2.26. The highest BCUT2D eigenvalue weighted by molar-refractivity contribution is 6.08. The maximum absolute atomic E-state index is 12.0. The van der Waals surface area contributed by atoms with Gasteiger partial charge in [-0.25, -0.2) is 4.79 Å². The summed E-state index contributed by atoms with van der Waals surface area (Å²) >= 11 is 0. The Bertz CT molecular complexity index is 772. The predicted octanol–water partition coefficient (Wildman–Crippen LogP) is 3.69. The van der Waals surface area contributed by atoms with Crippen molar-refractivity contribution < 1.29 is 14.4 Å². The fourth-order valence-electron chi connectivity index (χ4n) is 3.50. The second-order valence-electron chi connectivity index (χ2n) is 6.48. The Hall–Kier alpha value is -2.63. The third-order valence-corrected chi connectivity index (χ3v) is 4.44. The first-order valence-corrected chi connectivity index (χ1v) is 8.42. The summed E-state index contributed by atoms with van der Waals surface area (Å²) in [5.74, 6) is -0.0803. The van der Waals surface area contributed by atoms with Gasteiger partial charge < -0.3 is 9.57 Å². The van der Waals surface area contributed by atoms with Crippen LogP contribution in [0.1, 0.15) is 36.1 Å². The highest BCUT2D eigenvalue weighted by Gasteiger charge is 2.38. The zero-order valence-corrected chi connectivity index (χ0v) is 15.2. The maximum Gasteiger partial charge on any atom is 0.434 e. The molecule has 6 nitrogen and oxygen atoms in total. The van der Waals surface area contributed by atoms with Gasteiger partial charge in [-0.3, -0.25) is 0 Å². The number of fused-ring (bicyclic) bond motifs is 1. The molecule has 0 saturated carbocycles. The lowest BCUT2D eigenvalue weighted by atomic mass is 9.83. The summed E-state index contributed by atoms with van der Waals surface area (Å²) in [5.41, 5.74) is 6.48. The molecule has 25 heavy (non-hydrogen) atoms. The average Bonchev–Trinajstić information content (AvgIpc) is 2.86. The van der Waals surface area contributed by atoms with Gasteiger partial charge in [0.1, 0.15) is 0 Å². The predicted molar refractivity (Wildman–Crippen MR) is 96.7 cm³/mol. The molecule has 2 heterocycles. The minimum Gasteiger partial charge on any atom is -0.448 e. The summed E-state index contributed by atoms with van der Waals surface area (Å²) < 4.78 is 5.03. The molecule has 1 aromatic carbocycles. The fourth-order valence-corrected chi connectivity index (χ4v) is 3.50. The minimum atomic E-state index is -0.501. The number of hydrazone groups is 1. The smallest absolute Gasteiger partial charge is 0.434 e.